The quantitative estimate of drug-likeness (QED) is 0.436. The van der Waals surface area contributed by atoms with Crippen molar-refractivity contribution >= 4 is 5.69 Å². The fourth-order valence-electron chi connectivity index (χ4n) is 0.867. The lowest BCUT2D eigenvalue weighted by Gasteiger charge is -2.10. The standard InChI is InChI=1S/C8H11N3O2/c1-2-7-5-3-4-6-8(7)10(9)11(12)13/h3-6H,2,9H2,1H3/i1D3,2D2. The average molecular weight is 186 g/mol. The number of para-hydroxylation sites is 1. The zero-order valence-corrected chi connectivity index (χ0v) is 6.60. The third-order valence-corrected chi connectivity index (χ3v) is 1.46. The smallest absolute Gasteiger partial charge is 0.181 e. The predicted molar refractivity (Wildman–Crippen MR) is 49.5 cm³/mol. The molecule has 5 heteroatoms. The number of nitrogens with two attached hydrogens (primary N) is 1. The van der Waals surface area contributed by atoms with E-state index in [0.717, 1.165) is 6.07 Å². The van der Waals surface area contributed by atoms with Gasteiger partial charge in [-0.1, -0.05) is 25.1 Å². The maximum Gasteiger partial charge on any atom is 0.181 e. The summed E-state index contributed by atoms with van der Waals surface area (Å²) in [7, 11) is 0. The lowest BCUT2D eigenvalue weighted by Crippen LogP contribution is -2.37. The number of anilines is 1. The van der Waals surface area contributed by atoms with E-state index in [9.17, 15) is 10.1 Å². The Labute approximate surface area is 82.9 Å². The van der Waals surface area contributed by atoms with Crippen LogP contribution >= 0.6 is 0 Å². The molecule has 1 aromatic rings. The molecule has 0 aliphatic rings. The summed E-state index contributed by atoms with van der Waals surface area (Å²) in [5.41, 5.74) is -0.659. The van der Waals surface area contributed by atoms with Crippen LogP contribution in [0.4, 0.5) is 5.69 Å². The SMILES string of the molecule is [2H]C([2H])([2H])C([2H])([2H])c1ccccc1N(N)[N+](=O)[O-]. The molecule has 13 heavy (non-hydrogen) atoms. The molecule has 0 unspecified atom stereocenters. The van der Waals surface area contributed by atoms with Gasteiger partial charge in [0.05, 0.1) is 0 Å². The van der Waals surface area contributed by atoms with Crippen LogP contribution in [0.2, 0.25) is 0 Å². The molecule has 0 aliphatic heterocycles. The minimum absolute atomic E-state index is 0.0961. The van der Waals surface area contributed by atoms with Crippen molar-refractivity contribution in [2.75, 3.05) is 5.12 Å². The molecule has 0 heterocycles. The van der Waals surface area contributed by atoms with Gasteiger partial charge >= 0.3 is 0 Å². The Morgan fingerprint density at radius 2 is 2.46 bits per heavy atom. The average Bonchev–Trinajstić information content (AvgIpc) is 2.26. The molecule has 0 fully saturated rings. The number of rotatable bonds is 3. The van der Waals surface area contributed by atoms with Gasteiger partial charge in [-0.15, -0.1) is 0 Å². The molecule has 1 rings (SSSR count). The van der Waals surface area contributed by atoms with E-state index >= 15 is 0 Å². The van der Waals surface area contributed by atoms with Crippen molar-refractivity contribution in [1.82, 2.24) is 0 Å². The van der Waals surface area contributed by atoms with E-state index in [1.54, 1.807) is 0 Å². The second-order valence-corrected chi connectivity index (χ2v) is 2.22. The van der Waals surface area contributed by atoms with Crippen LogP contribution in [0, 0.1) is 10.1 Å². The molecule has 0 saturated carbocycles. The summed E-state index contributed by atoms with van der Waals surface area (Å²) >= 11 is 0. The van der Waals surface area contributed by atoms with Gasteiger partial charge in [-0.05, 0) is 23.1 Å². The highest BCUT2D eigenvalue weighted by atomic mass is 16.7. The van der Waals surface area contributed by atoms with Crippen LogP contribution in [0.3, 0.4) is 0 Å². The van der Waals surface area contributed by atoms with Crippen molar-refractivity contribution in [2.24, 2.45) is 5.84 Å². The first-order valence-electron chi connectivity index (χ1n) is 5.87. The number of aryl methyl sites for hydroxylation is 1. The van der Waals surface area contributed by atoms with E-state index in [0.29, 0.717) is 0 Å². The summed E-state index contributed by atoms with van der Waals surface area (Å²) in [4.78, 5) is 10.6. The molecule has 0 saturated heterocycles. The minimum Gasteiger partial charge on any atom is -0.233 e. The van der Waals surface area contributed by atoms with Gasteiger partial charge in [-0.2, -0.15) is 5.84 Å². The fraction of sp³-hybridized carbons (Fsp3) is 0.250. The van der Waals surface area contributed by atoms with Gasteiger partial charge in [0.15, 0.2) is 5.03 Å². The van der Waals surface area contributed by atoms with Crippen molar-refractivity contribution in [3.05, 3.63) is 39.9 Å². The maximum atomic E-state index is 10.6. The molecule has 0 bridgehead atoms. The summed E-state index contributed by atoms with van der Waals surface area (Å²) in [6.45, 7) is -2.96. The van der Waals surface area contributed by atoms with Gasteiger partial charge in [0.1, 0.15) is 5.69 Å². The molecular formula is C8H11N3O2. The Morgan fingerprint density at radius 3 is 3.08 bits per heavy atom. The highest BCUT2D eigenvalue weighted by Gasteiger charge is 2.14. The van der Waals surface area contributed by atoms with Crippen LogP contribution < -0.4 is 11.0 Å². The first-order valence-corrected chi connectivity index (χ1v) is 3.37. The van der Waals surface area contributed by atoms with Gasteiger partial charge in [-0.25, -0.2) is 10.1 Å². The normalized spacial score (nSPS) is 17.5. The van der Waals surface area contributed by atoms with Crippen LogP contribution in [-0.4, -0.2) is 5.03 Å². The lowest BCUT2D eigenvalue weighted by molar-refractivity contribution is -0.496. The Balaban J connectivity index is 3.39. The van der Waals surface area contributed by atoms with Gasteiger partial charge in [-0.3, -0.25) is 0 Å². The zero-order chi connectivity index (χ0) is 14.1. The third kappa shape index (κ3) is 1.94. The first kappa shape index (κ1) is 4.57. The van der Waals surface area contributed by atoms with Gasteiger partial charge in [0, 0.05) is 6.85 Å². The topological polar surface area (TPSA) is 72.4 Å². The minimum atomic E-state index is -2.96. The molecule has 70 valence electrons. The van der Waals surface area contributed by atoms with Crippen LogP contribution in [-0.2, 0) is 6.37 Å². The van der Waals surface area contributed by atoms with E-state index in [4.69, 9.17) is 12.7 Å². The van der Waals surface area contributed by atoms with Crippen molar-refractivity contribution < 1.29 is 11.9 Å². The summed E-state index contributed by atoms with van der Waals surface area (Å²) in [5, 5.41) is 9.70. The van der Waals surface area contributed by atoms with Crippen LogP contribution in [0.5, 0.6) is 0 Å². The molecule has 5 nitrogen and oxygen atoms in total. The maximum absolute atomic E-state index is 10.6. The van der Waals surface area contributed by atoms with Crippen molar-refractivity contribution in [3.63, 3.8) is 0 Å². The second kappa shape index (κ2) is 3.86. The summed E-state index contributed by atoms with van der Waals surface area (Å²) in [5.74, 6) is 5.16. The largest absolute Gasteiger partial charge is 0.233 e. The van der Waals surface area contributed by atoms with Gasteiger partial charge in [0.25, 0.3) is 0 Å². The van der Waals surface area contributed by atoms with E-state index in [-0.39, 0.29) is 16.4 Å². The molecule has 0 atom stereocenters. The molecule has 0 aromatic heterocycles. The Morgan fingerprint density at radius 1 is 1.77 bits per heavy atom. The third-order valence-electron chi connectivity index (χ3n) is 1.46. The Bertz CT molecular complexity index is 462. The molecule has 0 spiro atoms. The summed E-state index contributed by atoms with van der Waals surface area (Å²) in [6, 6.07) is 5.13. The highest BCUT2D eigenvalue weighted by molar-refractivity contribution is 5.50. The molecule has 0 radical (unpaired) electrons. The number of nitrogens with zero attached hydrogens (tertiary/aromatic N) is 2. The molecule has 1 aromatic carbocycles. The van der Waals surface area contributed by atoms with Crippen molar-refractivity contribution in [1.29, 1.82) is 0 Å². The Hall–Kier alpha value is -1.62. The molecular weight excluding hydrogens is 170 g/mol. The number of hydrogen-bond acceptors (Lipinski definition) is 3. The molecule has 0 amide bonds. The fourth-order valence-corrected chi connectivity index (χ4v) is 0.867. The van der Waals surface area contributed by atoms with E-state index in [1.165, 1.54) is 18.2 Å². The van der Waals surface area contributed by atoms with E-state index in [2.05, 4.69) is 0 Å². The van der Waals surface area contributed by atoms with Crippen molar-refractivity contribution in [2.45, 2.75) is 13.2 Å². The van der Waals surface area contributed by atoms with Gasteiger partial charge in [0.2, 0.25) is 0 Å². The number of hydrogen-bond donors (Lipinski definition) is 1. The predicted octanol–water partition coefficient (Wildman–Crippen LogP) is 1.12. The first-order chi connectivity index (χ1) is 8.09. The monoisotopic (exact) mass is 186 g/mol. The lowest BCUT2D eigenvalue weighted by atomic mass is 10.1. The molecule has 0 aliphatic carbocycles. The van der Waals surface area contributed by atoms with Crippen molar-refractivity contribution in [3.8, 4) is 0 Å². The van der Waals surface area contributed by atoms with E-state index < -0.39 is 18.3 Å². The summed E-state index contributed by atoms with van der Waals surface area (Å²) < 4.78 is 36.6. The van der Waals surface area contributed by atoms with Crippen LogP contribution in [0.25, 0.3) is 0 Å². The highest BCUT2D eigenvalue weighted by Crippen LogP contribution is 2.17. The van der Waals surface area contributed by atoms with E-state index in [1.807, 2.05) is 0 Å². The Kier molecular flexibility index (Phi) is 1.36. The van der Waals surface area contributed by atoms with Gasteiger partial charge < -0.3 is 0 Å². The summed E-state index contributed by atoms with van der Waals surface area (Å²) in [6.07, 6.45) is -2.74. The zero-order valence-electron chi connectivity index (χ0n) is 11.6. The molecule has 2 N–H and O–H groups in total. The van der Waals surface area contributed by atoms with Crippen LogP contribution in [0.15, 0.2) is 24.3 Å². The second-order valence-electron chi connectivity index (χ2n) is 2.22. The number of nitro groups is 1. The van der Waals surface area contributed by atoms with Crippen LogP contribution in [0.1, 0.15) is 19.3 Å². The number of hydrazine groups is 2. The number of benzene rings is 1.